The van der Waals surface area contributed by atoms with Crippen molar-refractivity contribution in [3.63, 3.8) is 0 Å². The highest BCUT2D eigenvalue weighted by atomic mass is 16.1. The van der Waals surface area contributed by atoms with E-state index in [1.54, 1.807) is 6.08 Å². The molecular weight excluding hydrogens is 102 g/mol. The Labute approximate surface area is 49.4 Å². The molecule has 8 heavy (non-hydrogen) atoms. The molecule has 46 valence electrons. The second kappa shape index (κ2) is 4.53. The van der Waals surface area contributed by atoms with Crippen molar-refractivity contribution in [3.8, 4) is 0 Å². The van der Waals surface area contributed by atoms with Gasteiger partial charge in [-0.25, -0.2) is 0 Å². The largest absolute Gasteiger partial charge is 0.324 e. The van der Waals surface area contributed by atoms with Gasteiger partial charge in [0, 0.05) is 12.5 Å². The predicted molar refractivity (Wildman–Crippen MR) is 33.5 cm³/mol. The fourth-order valence-electron chi connectivity index (χ4n) is 0.378. The number of hydrogen-bond acceptors (Lipinski definition) is 2. The summed E-state index contributed by atoms with van der Waals surface area (Å²) in [6.07, 6.45) is 3.76. The van der Waals surface area contributed by atoms with Crippen LogP contribution in [0.4, 0.5) is 0 Å². The summed E-state index contributed by atoms with van der Waals surface area (Å²) in [6, 6.07) is -0.0137. The van der Waals surface area contributed by atoms with Gasteiger partial charge in [0.2, 0.25) is 0 Å². The summed E-state index contributed by atoms with van der Waals surface area (Å²) in [5.74, 6) is 0. The third-order valence-electron chi connectivity index (χ3n) is 0.921. The van der Waals surface area contributed by atoms with E-state index in [4.69, 9.17) is 5.73 Å². The molecule has 0 aromatic carbocycles. The maximum atomic E-state index is 9.74. The van der Waals surface area contributed by atoms with Crippen molar-refractivity contribution >= 4 is 6.29 Å². The molecule has 0 saturated heterocycles. The molecule has 0 amide bonds. The van der Waals surface area contributed by atoms with Crippen LogP contribution < -0.4 is 5.73 Å². The van der Waals surface area contributed by atoms with Gasteiger partial charge in [-0.3, -0.25) is 0 Å². The number of nitrogens with two attached hydrogens (primary N) is 1. The molecule has 0 saturated carbocycles. The Morgan fingerprint density at radius 2 is 2.38 bits per heavy atom. The highest BCUT2D eigenvalue weighted by Crippen LogP contribution is 1.90. The average molecular weight is 113 g/mol. The van der Waals surface area contributed by atoms with Crippen LogP contribution in [-0.4, -0.2) is 12.3 Å². The van der Waals surface area contributed by atoms with Gasteiger partial charge in [-0.05, 0) is 6.42 Å². The number of aldehydes is 1. The SMILES string of the molecule is C=CC(N)CCC=O. The summed E-state index contributed by atoms with van der Waals surface area (Å²) in [5, 5.41) is 0. The summed E-state index contributed by atoms with van der Waals surface area (Å²) in [7, 11) is 0. The van der Waals surface area contributed by atoms with Crippen molar-refractivity contribution in [2.45, 2.75) is 18.9 Å². The lowest BCUT2D eigenvalue weighted by molar-refractivity contribution is -0.107. The van der Waals surface area contributed by atoms with E-state index < -0.39 is 0 Å². The smallest absolute Gasteiger partial charge is 0.120 e. The maximum Gasteiger partial charge on any atom is 0.120 e. The molecule has 2 heteroatoms. The molecule has 0 aliphatic heterocycles. The molecule has 0 spiro atoms. The molecule has 0 aromatic rings. The van der Waals surface area contributed by atoms with Crippen LogP contribution in [-0.2, 0) is 4.79 Å². The molecular formula is C6H11NO. The predicted octanol–water partition coefficient (Wildman–Crippen LogP) is 0.479. The first-order valence-corrected chi connectivity index (χ1v) is 2.63. The minimum absolute atomic E-state index is 0.0137. The van der Waals surface area contributed by atoms with Crippen molar-refractivity contribution in [3.05, 3.63) is 12.7 Å². The highest BCUT2D eigenvalue weighted by Gasteiger charge is 1.92. The van der Waals surface area contributed by atoms with Gasteiger partial charge in [0.05, 0.1) is 0 Å². The van der Waals surface area contributed by atoms with Crippen LogP contribution >= 0.6 is 0 Å². The molecule has 0 fully saturated rings. The molecule has 0 aliphatic carbocycles. The van der Waals surface area contributed by atoms with E-state index in [0.29, 0.717) is 12.8 Å². The van der Waals surface area contributed by atoms with Crippen molar-refractivity contribution in [1.82, 2.24) is 0 Å². The molecule has 0 aliphatic rings. The van der Waals surface area contributed by atoms with Crippen LogP contribution in [0.15, 0.2) is 12.7 Å². The Balaban J connectivity index is 3.09. The summed E-state index contributed by atoms with van der Waals surface area (Å²) < 4.78 is 0. The van der Waals surface area contributed by atoms with Crippen LogP contribution in [0, 0.1) is 0 Å². The standard InChI is InChI=1S/C6H11NO/c1-2-6(7)4-3-5-8/h2,5-6H,1,3-4,7H2. The molecule has 0 heterocycles. The van der Waals surface area contributed by atoms with Crippen LogP contribution in [0.3, 0.4) is 0 Å². The quantitative estimate of drug-likeness (QED) is 0.425. The third-order valence-corrected chi connectivity index (χ3v) is 0.921. The first kappa shape index (κ1) is 7.37. The van der Waals surface area contributed by atoms with E-state index in [1.807, 2.05) is 0 Å². The van der Waals surface area contributed by atoms with E-state index in [0.717, 1.165) is 6.29 Å². The Bertz CT molecular complexity index is 80.6. The first-order chi connectivity index (χ1) is 3.81. The zero-order valence-electron chi connectivity index (χ0n) is 4.84. The summed E-state index contributed by atoms with van der Waals surface area (Å²) in [4.78, 5) is 9.74. The second-order valence-corrected chi connectivity index (χ2v) is 1.64. The van der Waals surface area contributed by atoms with E-state index in [9.17, 15) is 4.79 Å². The van der Waals surface area contributed by atoms with Crippen LogP contribution in [0.1, 0.15) is 12.8 Å². The maximum absolute atomic E-state index is 9.74. The number of rotatable bonds is 4. The summed E-state index contributed by atoms with van der Waals surface area (Å²) in [5.41, 5.74) is 5.38. The Hall–Kier alpha value is -0.630. The molecule has 0 aromatic heterocycles. The minimum atomic E-state index is -0.0137. The van der Waals surface area contributed by atoms with Crippen molar-refractivity contribution in [1.29, 1.82) is 0 Å². The van der Waals surface area contributed by atoms with E-state index in [2.05, 4.69) is 6.58 Å². The molecule has 2 nitrogen and oxygen atoms in total. The Kier molecular flexibility index (Phi) is 4.17. The molecule has 1 atom stereocenters. The van der Waals surface area contributed by atoms with Crippen LogP contribution in [0.5, 0.6) is 0 Å². The Morgan fingerprint density at radius 3 is 2.75 bits per heavy atom. The molecule has 0 rings (SSSR count). The van der Waals surface area contributed by atoms with Crippen molar-refractivity contribution < 1.29 is 4.79 Å². The molecule has 0 bridgehead atoms. The van der Waals surface area contributed by atoms with Crippen molar-refractivity contribution in [2.24, 2.45) is 5.73 Å². The minimum Gasteiger partial charge on any atom is -0.324 e. The number of hydrogen-bond donors (Lipinski definition) is 1. The normalized spacial score (nSPS) is 12.6. The van der Waals surface area contributed by atoms with Gasteiger partial charge in [-0.2, -0.15) is 0 Å². The lowest BCUT2D eigenvalue weighted by Crippen LogP contribution is -2.15. The summed E-state index contributed by atoms with van der Waals surface area (Å²) in [6.45, 7) is 3.47. The third kappa shape index (κ3) is 3.56. The number of carbonyl (C=O) groups is 1. The van der Waals surface area contributed by atoms with Crippen molar-refractivity contribution in [2.75, 3.05) is 0 Å². The number of carbonyl (C=O) groups excluding carboxylic acids is 1. The van der Waals surface area contributed by atoms with Gasteiger partial charge in [-0.15, -0.1) is 6.58 Å². The zero-order chi connectivity index (χ0) is 6.41. The second-order valence-electron chi connectivity index (χ2n) is 1.64. The van der Waals surface area contributed by atoms with E-state index >= 15 is 0 Å². The average Bonchev–Trinajstić information content (AvgIpc) is 1.83. The van der Waals surface area contributed by atoms with Crippen LogP contribution in [0.2, 0.25) is 0 Å². The molecule has 1 unspecified atom stereocenters. The molecule has 2 N–H and O–H groups in total. The van der Waals surface area contributed by atoms with E-state index in [-0.39, 0.29) is 6.04 Å². The zero-order valence-corrected chi connectivity index (χ0v) is 4.84. The summed E-state index contributed by atoms with van der Waals surface area (Å²) >= 11 is 0. The lowest BCUT2D eigenvalue weighted by Gasteiger charge is -1.98. The van der Waals surface area contributed by atoms with Gasteiger partial charge in [0.1, 0.15) is 6.29 Å². The lowest BCUT2D eigenvalue weighted by atomic mass is 10.2. The van der Waals surface area contributed by atoms with Gasteiger partial charge < -0.3 is 10.5 Å². The topological polar surface area (TPSA) is 43.1 Å². The highest BCUT2D eigenvalue weighted by molar-refractivity contribution is 5.49. The fourth-order valence-corrected chi connectivity index (χ4v) is 0.378. The van der Waals surface area contributed by atoms with E-state index in [1.165, 1.54) is 0 Å². The van der Waals surface area contributed by atoms with Gasteiger partial charge in [0.25, 0.3) is 0 Å². The monoisotopic (exact) mass is 113 g/mol. The Morgan fingerprint density at radius 1 is 1.75 bits per heavy atom. The molecule has 0 radical (unpaired) electrons. The van der Waals surface area contributed by atoms with Gasteiger partial charge >= 0.3 is 0 Å². The first-order valence-electron chi connectivity index (χ1n) is 2.63. The fraction of sp³-hybridized carbons (Fsp3) is 0.500. The van der Waals surface area contributed by atoms with Gasteiger partial charge in [-0.1, -0.05) is 6.08 Å². The van der Waals surface area contributed by atoms with Crippen LogP contribution in [0.25, 0.3) is 0 Å². The van der Waals surface area contributed by atoms with Gasteiger partial charge in [0.15, 0.2) is 0 Å².